The second-order valence-corrected chi connectivity index (χ2v) is 7.30. The van der Waals surface area contributed by atoms with E-state index in [1.54, 1.807) is 10.9 Å². The van der Waals surface area contributed by atoms with Crippen molar-refractivity contribution in [2.45, 2.75) is 46.3 Å². The van der Waals surface area contributed by atoms with E-state index in [0.29, 0.717) is 23.1 Å². The molecule has 0 aliphatic rings. The average molecular weight is 353 g/mol. The largest absolute Gasteiger partial charge is 0.350 e. The van der Waals surface area contributed by atoms with Crippen molar-refractivity contribution >= 4 is 16.8 Å². The molecule has 0 aliphatic carbocycles. The fourth-order valence-electron chi connectivity index (χ4n) is 2.83. The quantitative estimate of drug-likeness (QED) is 0.777. The van der Waals surface area contributed by atoms with E-state index < -0.39 is 0 Å². The molecule has 0 saturated carbocycles. The van der Waals surface area contributed by atoms with E-state index in [4.69, 9.17) is 0 Å². The van der Waals surface area contributed by atoms with Crippen LogP contribution in [0.25, 0.3) is 10.9 Å². The first-order chi connectivity index (χ1) is 12.3. The van der Waals surface area contributed by atoms with Crippen LogP contribution < -0.4 is 10.9 Å². The van der Waals surface area contributed by atoms with Gasteiger partial charge in [0.1, 0.15) is 12.1 Å². The van der Waals surface area contributed by atoms with Crippen LogP contribution in [0.2, 0.25) is 0 Å². The van der Waals surface area contributed by atoms with Gasteiger partial charge in [0.15, 0.2) is 0 Å². The molecule has 0 saturated heterocycles. The van der Waals surface area contributed by atoms with E-state index in [2.05, 4.69) is 15.5 Å². The van der Waals surface area contributed by atoms with Gasteiger partial charge < -0.3 is 5.32 Å². The highest BCUT2D eigenvalue weighted by Gasteiger charge is 2.22. The van der Waals surface area contributed by atoms with Crippen molar-refractivity contribution in [2.75, 3.05) is 0 Å². The van der Waals surface area contributed by atoms with Crippen LogP contribution in [0.1, 0.15) is 32.0 Å². The lowest BCUT2D eigenvalue weighted by molar-refractivity contribution is -0.122. The van der Waals surface area contributed by atoms with Gasteiger partial charge in [0, 0.05) is 11.9 Å². The molecule has 26 heavy (non-hydrogen) atoms. The summed E-state index contributed by atoms with van der Waals surface area (Å²) in [5.74, 6) is -0.260. The number of carbonyl (C=O) groups is 1. The molecule has 136 valence electrons. The minimum atomic E-state index is -0.345. The smallest absolute Gasteiger partial charge is 0.293 e. The molecule has 2 heterocycles. The molecule has 1 N–H and O–H groups in total. The van der Waals surface area contributed by atoms with Crippen molar-refractivity contribution in [1.82, 2.24) is 24.9 Å². The van der Waals surface area contributed by atoms with Gasteiger partial charge in [0.2, 0.25) is 5.91 Å². The van der Waals surface area contributed by atoms with Gasteiger partial charge in [-0.05, 0) is 33.3 Å². The van der Waals surface area contributed by atoms with E-state index in [0.717, 1.165) is 5.56 Å². The van der Waals surface area contributed by atoms with Gasteiger partial charge in [-0.1, -0.05) is 30.3 Å². The van der Waals surface area contributed by atoms with Crippen LogP contribution in [0.3, 0.4) is 0 Å². The highest BCUT2D eigenvalue weighted by molar-refractivity contribution is 5.81. The monoisotopic (exact) mass is 353 g/mol. The summed E-state index contributed by atoms with van der Waals surface area (Å²) in [5.41, 5.74) is 1.49. The second kappa shape index (κ2) is 6.74. The summed E-state index contributed by atoms with van der Waals surface area (Å²) >= 11 is 0. The number of aromatic nitrogens is 4. The summed E-state index contributed by atoms with van der Waals surface area (Å²) in [6.45, 7) is 8.03. The Balaban J connectivity index is 1.87. The maximum atomic E-state index is 12.9. The SMILES string of the molecule is Cc1nn(CC(=O)NCc2ccccc2)c(=O)c2c1cnn2C(C)(C)C. The summed E-state index contributed by atoms with van der Waals surface area (Å²) in [4.78, 5) is 25.2. The van der Waals surface area contributed by atoms with Crippen molar-refractivity contribution in [2.24, 2.45) is 0 Å². The van der Waals surface area contributed by atoms with E-state index in [1.165, 1.54) is 4.68 Å². The zero-order valence-corrected chi connectivity index (χ0v) is 15.5. The molecule has 7 nitrogen and oxygen atoms in total. The Labute approximate surface area is 151 Å². The van der Waals surface area contributed by atoms with Crippen LogP contribution in [-0.2, 0) is 23.4 Å². The van der Waals surface area contributed by atoms with E-state index in [1.807, 2.05) is 58.0 Å². The Morgan fingerprint density at radius 1 is 1.19 bits per heavy atom. The molecule has 2 aromatic heterocycles. The number of aryl methyl sites for hydroxylation is 1. The van der Waals surface area contributed by atoms with E-state index in [-0.39, 0.29) is 23.6 Å². The normalized spacial score (nSPS) is 11.7. The maximum Gasteiger partial charge on any atom is 0.293 e. The number of hydrogen-bond acceptors (Lipinski definition) is 4. The molecule has 0 aliphatic heterocycles. The molecule has 7 heteroatoms. The Bertz CT molecular complexity index is 996. The third-order valence-corrected chi connectivity index (χ3v) is 4.13. The third kappa shape index (κ3) is 3.51. The van der Waals surface area contributed by atoms with Gasteiger partial charge in [0.25, 0.3) is 5.56 Å². The third-order valence-electron chi connectivity index (χ3n) is 4.13. The lowest BCUT2D eigenvalue weighted by Gasteiger charge is -2.20. The lowest BCUT2D eigenvalue weighted by Crippen LogP contribution is -2.35. The van der Waals surface area contributed by atoms with Crippen LogP contribution in [0.4, 0.5) is 0 Å². The molecule has 0 spiro atoms. The number of rotatable bonds is 4. The molecule has 0 fully saturated rings. The molecule has 0 radical (unpaired) electrons. The van der Waals surface area contributed by atoms with E-state index >= 15 is 0 Å². The van der Waals surface area contributed by atoms with Crippen LogP contribution >= 0.6 is 0 Å². The number of hydrogen-bond donors (Lipinski definition) is 1. The average Bonchev–Trinajstić information content (AvgIpc) is 3.05. The zero-order valence-electron chi connectivity index (χ0n) is 15.5. The maximum absolute atomic E-state index is 12.9. The predicted molar refractivity (Wildman–Crippen MR) is 99.8 cm³/mol. The molecule has 3 aromatic rings. The number of nitrogens with one attached hydrogen (secondary N) is 1. The van der Waals surface area contributed by atoms with Gasteiger partial charge in [-0.15, -0.1) is 0 Å². The number of carbonyl (C=O) groups excluding carboxylic acids is 1. The number of nitrogens with zero attached hydrogens (tertiary/aromatic N) is 4. The second-order valence-electron chi connectivity index (χ2n) is 7.30. The van der Waals surface area contributed by atoms with Crippen LogP contribution in [0.5, 0.6) is 0 Å². The predicted octanol–water partition coefficient (Wildman–Crippen LogP) is 1.97. The van der Waals surface area contributed by atoms with Gasteiger partial charge in [-0.2, -0.15) is 10.2 Å². The molecule has 0 bridgehead atoms. The van der Waals surface area contributed by atoms with Crippen LogP contribution in [0.15, 0.2) is 41.3 Å². The molecule has 0 atom stereocenters. The van der Waals surface area contributed by atoms with Crippen LogP contribution in [0, 0.1) is 6.92 Å². The molecule has 1 amide bonds. The van der Waals surface area contributed by atoms with E-state index in [9.17, 15) is 9.59 Å². The topological polar surface area (TPSA) is 81.8 Å². The first-order valence-electron chi connectivity index (χ1n) is 8.54. The van der Waals surface area contributed by atoms with Gasteiger partial charge >= 0.3 is 0 Å². The minimum absolute atomic E-state index is 0.127. The summed E-state index contributed by atoms with van der Waals surface area (Å²) in [6, 6.07) is 9.62. The highest BCUT2D eigenvalue weighted by Crippen LogP contribution is 2.20. The highest BCUT2D eigenvalue weighted by atomic mass is 16.2. The van der Waals surface area contributed by atoms with Crippen molar-refractivity contribution in [1.29, 1.82) is 0 Å². The Morgan fingerprint density at radius 3 is 2.54 bits per heavy atom. The number of benzene rings is 1. The van der Waals surface area contributed by atoms with Crippen LogP contribution in [-0.4, -0.2) is 25.5 Å². The minimum Gasteiger partial charge on any atom is -0.350 e. The Hall–Kier alpha value is -2.96. The fraction of sp³-hybridized carbons (Fsp3) is 0.368. The molecular formula is C19H23N5O2. The summed E-state index contributed by atoms with van der Waals surface area (Å²) < 4.78 is 2.90. The van der Waals surface area contributed by atoms with Gasteiger partial charge in [-0.25, -0.2) is 4.68 Å². The standard InChI is InChI=1S/C19H23N5O2/c1-13-15-11-21-24(19(2,3)4)17(15)18(26)23(22-13)12-16(25)20-10-14-8-6-5-7-9-14/h5-9,11H,10,12H2,1-4H3,(H,20,25). The molecule has 1 aromatic carbocycles. The Morgan fingerprint density at radius 2 is 1.88 bits per heavy atom. The molecule has 3 rings (SSSR count). The van der Waals surface area contributed by atoms with Gasteiger partial charge in [0.05, 0.1) is 17.4 Å². The fourth-order valence-corrected chi connectivity index (χ4v) is 2.83. The van der Waals surface area contributed by atoms with Crippen molar-refractivity contribution < 1.29 is 4.79 Å². The first kappa shape index (κ1) is 17.8. The molecular weight excluding hydrogens is 330 g/mol. The summed E-state index contributed by atoms with van der Waals surface area (Å²) in [6.07, 6.45) is 1.66. The number of amides is 1. The van der Waals surface area contributed by atoms with Gasteiger partial charge in [-0.3, -0.25) is 14.3 Å². The van der Waals surface area contributed by atoms with Crippen molar-refractivity contribution in [3.8, 4) is 0 Å². The zero-order chi connectivity index (χ0) is 18.9. The first-order valence-corrected chi connectivity index (χ1v) is 8.54. The summed E-state index contributed by atoms with van der Waals surface area (Å²) in [7, 11) is 0. The number of fused-ring (bicyclic) bond motifs is 1. The Kier molecular flexibility index (Phi) is 4.63. The lowest BCUT2D eigenvalue weighted by atomic mass is 10.1. The van der Waals surface area contributed by atoms with Crippen molar-refractivity contribution in [3.63, 3.8) is 0 Å². The van der Waals surface area contributed by atoms with Crippen molar-refractivity contribution in [3.05, 3.63) is 58.1 Å². The summed E-state index contributed by atoms with van der Waals surface area (Å²) in [5, 5.41) is 12.2. The molecule has 0 unspecified atom stereocenters.